The summed E-state index contributed by atoms with van der Waals surface area (Å²) in [5.74, 6) is -70.2. The van der Waals surface area contributed by atoms with Crippen molar-refractivity contribution in [2.75, 3.05) is 12.5 Å². The fourth-order valence-electron chi connectivity index (χ4n) is 6.49. The number of benzene rings is 6. The molecule has 0 saturated carbocycles. The van der Waals surface area contributed by atoms with Gasteiger partial charge in [0.05, 0.1) is 12.5 Å². The van der Waals surface area contributed by atoms with Gasteiger partial charge >= 0.3 is 0 Å². The Morgan fingerprint density at radius 1 is 0.323 bits per heavy atom. The molecular formula is C39H17BF20S2. The third-order valence-electron chi connectivity index (χ3n) is 9.06. The summed E-state index contributed by atoms with van der Waals surface area (Å²) in [4.78, 5) is 2.61. The third-order valence-corrected chi connectivity index (χ3v) is 11.0. The summed E-state index contributed by atoms with van der Waals surface area (Å²) in [6.45, 7) is 0. The van der Waals surface area contributed by atoms with E-state index in [9.17, 15) is 52.7 Å². The Morgan fingerprint density at radius 3 is 0.790 bits per heavy atom. The first-order chi connectivity index (χ1) is 28.9. The summed E-state index contributed by atoms with van der Waals surface area (Å²) in [5.41, 5.74) is -12.9. The molecule has 0 amide bonds. The lowest BCUT2D eigenvalue weighted by molar-refractivity contribution is 0.378. The van der Waals surface area contributed by atoms with Gasteiger partial charge < -0.3 is 0 Å². The minimum absolute atomic E-state index is 0.482. The molecule has 328 valence electrons. The number of hydrogen-bond donors (Lipinski definition) is 0. The van der Waals surface area contributed by atoms with Crippen LogP contribution in [0.1, 0.15) is 5.56 Å². The van der Waals surface area contributed by atoms with E-state index >= 15 is 35.1 Å². The van der Waals surface area contributed by atoms with E-state index in [1.54, 1.807) is 0 Å². The Labute approximate surface area is 342 Å². The summed E-state index contributed by atoms with van der Waals surface area (Å²) >= 11 is 1.82. The van der Waals surface area contributed by atoms with E-state index in [-0.39, 0.29) is 0 Å². The van der Waals surface area contributed by atoms with Gasteiger partial charge in [0.15, 0.2) is 69.8 Å². The van der Waals surface area contributed by atoms with Crippen molar-refractivity contribution in [1.29, 1.82) is 0 Å². The van der Waals surface area contributed by atoms with Crippen molar-refractivity contribution < 1.29 is 87.8 Å². The van der Waals surface area contributed by atoms with Gasteiger partial charge in [-0.15, -0.1) is 21.9 Å². The molecule has 0 atom stereocenters. The van der Waals surface area contributed by atoms with Gasteiger partial charge in [-0.05, 0) is 35.2 Å². The maximum atomic E-state index is 15.4. The van der Waals surface area contributed by atoms with Crippen molar-refractivity contribution in [1.82, 2.24) is 0 Å². The average Bonchev–Trinajstić information content (AvgIpc) is 3.24. The molecule has 0 unspecified atom stereocenters. The van der Waals surface area contributed by atoms with Crippen LogP contribution < -0.4 is 21.9 Å². The van der Waals surface area contributed by atoms with Gasteiger partial charge in [-0.25, -0.2) is 87.8 Å². The zero-order valence-corrected chi connectivity index (χ0v) is 32.0. The Morgan fingerprint density at radius 2 is 0.548 bits per heavy atom. The fraction of sp³-hybridized carbons (Fsp3) is 0.0769. The van der Waals surface area contributed by atoms with Gasteiger partial charge in [0, 0.05) is 15.4 Å². The first-order valence-corrected chi connectivity index (χ1v) is 19.6. The standard InChI is InChI=1S/C24BF20.C15H17S2/c26-5-1(6(27)14(35)21(42)13(5)34)25(2-7(28)15(36)22(43)16(37)8(2)29,3-9(30)17(38)23(44)18(39)10(3)31)4-11(32)19(40)24(45)20(41)12(4)33;1-17(2)12-13-8-10-15(11-9-13)16-14-6-4-3-5-7-14/h;3-11H,12H2,1-2H3/q-1;+1. The molecule has 6 aromatic carbocycles. The molecule has 0 spiro atoms. The number of rotatable bonds is 8. The highest BCUT2D eigenvalue weighted by molar-refractivity contribution is 7.99. The molecule has 0 aliphatic rings. The Balaban J connectivity index is 0.000000355. The predicted octanol–water partition coefficient (Wildman–Crippen LogP) is 10.1. The van der Waals surface area contributed by atoms with Crippen LogP contribution in [0.25, 0.3) is 0 Å². The zero-order chi connectivity index (χ0) is 46.4. The molecule has 6 rings (SSSR count). The zero-order valence-electron chi connectivity index (χ0n) is 30.4. The second kappa shape index (κ2) is 18.2. The van der Waals surface area contributed by atoms with E-state index < -0.39 is 144 Å². The topological polar surface area (TPSA) is 0 Å². The Kier molecular flexibility index (Phi) is 14.0. The molecule has 0 aliphatic heterocycles. The highest BCUT2D eigenvalue weighted by Gasteiger charge is 2.52. The highest BCUT2D eigenvalue weighted by Crippen LogP contribution is 2.31. The fourth-order valence-corrected chi connectivity index (χ4v) is 8.18. The second-order valence-electron chi connectivity index (χ2n) is 13.0. The SMILES string of the molecule is C[S+](C)Cc1ccc(Sc2ccccc2)cc1.Fc1c(F)c(F)c([B-](c2c(F)c(F)c(F)c(F)c2F)(c2c(F)c(F)c(F)c(F)c2F)c2c(F)c(F)c(F)c(F)c2F)c(F)c1F. The largest absolute Gasteiger partial charge is 0.207 e. The van der Waals surface area contributed by atoms with Crippen molar-refractivity contribution in [2.45, 2.75) is 15.5 Å². The van der Waals surface area contributed by atoms with E-state index in [2.05, 4.69) is 67.1 Å². The lowest BCUT2D eigenvalue weighted by Gasteiger charge is -2.44. The first kappa shape index (κ1) is 47.7. The lowest BCUT2D eigenvalue weighted by atomic mass is 9.12. The number of hydrogen-bond acceptors (Lipinski definition) is 1. The molecular weight excluding hydrogens is 923 g/mol. The van der Waals surface area contributed by atoms with E-state index in [0.29, 0.717) is 10.9 Å². The van der Waals surface area contributed by atoms with E-state index in [4.69, 9.17) is 0 Å². The van der Waals surface area contributed by atoms with Gasteiger partial charge in [0.1, 0.15) is 58.4 Å². The van der Waals surface area contributed by atoms with Crippen molar-refractivity contribution in [3.8, 4) is 0 Å². The summed E-state index contributed by atoms with van der Waals surface area (Å²) in [7, 11) is 0.482. The van der Waals surface area contributed by atoms with E-state index in [1.807, 2.05) is 11.8 Å². The molecule has 0 nitrogen and oxygen atoms in total. The summed E-state index contributed by atoms with van der Waals surface area (Å²) in [5, 5.41) is 0. The van der Waals surface area contributed by atoms with Crippen LogP contribution in [0.5, 0.6) is 0 Å². The van der Waals surface area contributed by atoms with Crippen molar-refractivity contribution >= 4 is 50.7 Å². The minimum Gasteiger partial charge on any atom is -0.207 e. The van der Waals surface area contributed by atoms with Crippen LogP contribution in [0, 0.1) is 116 Å². The lowest BCUT2D eigenvalue weighted by Crippen LogP contribution is -2.81. The van der Waals surface area contributed by atoms with Crippen LogP contribution in [0.3, 0.4) is 0 Å². The Hall–Kier alpha value is -5.32. The molecule has 0 bridgehead atoms. The molecule has 62 heavy (non-hydrogen) atoms. The normalized spacial score (nSPS) is 11.7. The van der Waals surface area contributed by atoms with Gasteiger partial charge in [-0.3, -0.25) is 0 Å². The highest BCUT2D eigenvalue weighted by atomic mass is 32.2. The monoisotopic (exact) mass is 940 g/mol. The molecule has 0 radical (unpaired) electrons. The molecule has 0 aromatic heterocycles. The molecule has 0 fully saturated rings. The van der Waals surface area contributed by atoms with Gasteiger partial charge in [0.2, 0.25) is 0 Å². The van der Waals surface area contributed by atoms with Crippen LogP contribution in [-0.2, 0) is 16.6 Å². The average molecular weight is 940 g/mol. The summed E-state index contributed by atoms with van der Waals surface area (Å²) < 4.78 is 294. The number of halogens is 20. The third kappa shape index (κ3) is 7.96. The van der Waals surface area contributed by atoms with Crippen LogP contribution in [0.15, 0.2) is 64.4 Å². The molecule has 0 aliphatic carbocycles. The summed E-state index contributed by atoms with van der Waals surface area (Å²) in [6, 6.07) is 19.4. The molecule has 0 saturated heterocycles. The van der Waals surface area contributed by atoms with Crippen molar-refractivity contribution in [3.05, 3.63) is 177 Å². The first-order valence-electron chi connectivity index (χ1n) is 16.5. The quantitative estimate of drug-likeness (QED) is 0.0482. The van der Waals surface area contributed by atoms with Crippen molar-refractivity contribution in [3.63, 3.8) is 0 Å². The van der Waals surface area contributed by atoms with Crippen LogP contribution >= 0.6 is 11.8 Å². The molecule has 6 aromatic rings. The molecule has 23 heteroatoms. The van der Waals surface area contributed by atoms with Crippen LogP contribution in [0.4, 0.5) is 87.8 Å². The molecule has 0 heterocycles. The smallest absolute Gasteiger partial charge is 0.200 e. The van der Waals surface area contributed by atoms with Crippen LogP contribution in [-0.4, -0.2) is 18.7 Å². The summed E-state index contributed by atoms with van der Waals surface area (Å²) in [6.07, 6.45) is -2.65. The van der Waals surface area contributed by atoms with Crippen LogP contribution in [0.2, 0.25) is 0 Å². The van der Waals surface area contributed by atoms with Gasteiger partial charge in [-0.2, -0.15) is 0 Å². The second-order valence-corrected chi connectivity index (χ2v) is 16.4. The van der Waals surface area contributed by atoms with Gasteiger partial charge in [-0.1, -0.05) is 42.1 Å². The molecule has 0 N–H and O–H groups in total. The minimum atomic E-state index is -7.22. The Bertz CT molecular complexity index is 2330. The van der Waals surface area contributed by atoms with E-state index in [1.165, 1.54) is 21.1 Å². The van der Waals surface area contributed by atoms with E-state index in [0.717, 1.165) is 0 Å². The maximum Gasteiger partial charge on any atom is 0.200 e. The predicted molar refractivity (Wildman–Crippen MR) is 189 cm³/mol. The maximum absolute atomic E-state index is 15.4. The van der Waals surface area contributed by atoms with Crippen molar-refractivity contribution in [2.24, 2.45) is 0 Å². The van der Waals surface area contributed by atoms with Gasteiger partial charge in [0.25, 0.3) is 0 Å².